The van der Waals surface area contributed by atoms with Crippen LogP contribution in [0, 0.1) is 20.2 Å². The lowest BCUT2D eigenvalue weighted by Crippen LogP contribution is -2.54. The number of nitrogens with zero attached hydrogens (tertiary/aromatic N) is 4. The third-order valence-corrected chi connectivity index (χ3v) is 5.33. The Morgan fingerprint density at radius 3 is 2.24 bits per heavy atom. The van der Waals surface area contributed by atoms with Crippen LogP contribution in [0.2, 0.25) is 0 Å². The Morgan fingerprint density at radius 2 is 1.80 bits per heavy atom. The summed E-state index contributed by atoms with van der Waals surface area (Å²) in [5, 5.41) is 22.3. The Bertz CT molecular complexity index is 866. The highest BCUT2D eigenvalue weighted by molar-refractivity contribution is 7.91. The van der Waals surface area contributed by atoms with Crippen molar-refractivity contribution in [2.45, 2.75) is 19.9 Å². The van der Waals surface area contributed by atoms with Gasteiger partial charge < -0.3 is 4.74 Å². The molecular formula is C12H14N4O8S. The number of amides is 1. The van der Waals surface area contributed by atoms with Crippen molar-refractivity contribution < 1.29 is 27.8 Å². The lowest BCUT2D eigenvalue weighted by atomic mass is 10.1. The fourth-order valence-corrected chi connectivity index (χ4v) is 4.18. The Morgan fingerprint density at radius 1 is 1.20 bits per heavy atom. The molecule has 25 heavy (non-hydrogen) atoms. The second-order valence-corrected chi connectivity index (χ2v) is 7.07. The first-order chi connectivity index (χ1) is 11.5. The van der Waals surface area contributed by atoms with E-state index in [0.717, 1.165) is 6.07 Å². The van der Waals surface area contributed by atoms with Crippen molar-refractivity contribution in [1.82, 2.24) is 4.31 Å². The average Bonchev–Trinajstić information content (AvgIpc) is 2.49. The van der Waals surface area contributed by atoms with Gasteiger partial charge >= 0.3 is 15.9 Å². The molecule has 1 aromatic rings. The SMILES string of the molecule is COCN1c2c(cc([N+](=O)[O-])cc2[N+](=O)[O-])C(=O)N(C(C)C)S1(=O)=O. The zero-order chi connectivity index (χ0) is 19.1. The third-order valence-electron chi connectivity index (χ3n) is 3.40. The number of benzene rings is 1. The molecule has 0 N–H and O–H groups in total. The van der Waals surface area contributed by atoms with Gasteiger partial charge in [0.1, 0.15) is 12.4 Å². The van der Waals surface area contributed by atoms with E-state index in [-0.39, 0.29) is 0 Å². The fourth-order valence-electron chi connectivity index (χ4n) is 2.47. The number of carbonyl (C=O) groups excluding carboxylic acids is 1. The van der Waals surface area contributed by atoms with E-state index in [2.05, 4.69) is 0 Å². The van der Waals surface area contributed by atoms with Crippen molar-refractivity contribution in [3.8, 4) is 0 Å². The van der Waals surface area contributed by atoms with Crippen LogP contribution < -0.4 is 4.31 Å². The number of methoxy groups -OCH3 is 1. The zero-order valence-electron chi connectivity index (χ0n) is 13.4. The highest BCUT2D eigenvalue weighted by Gasteiger charge is 2.47. The maximum Gasteiger partial charge on any atom is 0.331 e. The maximum absolute atomic E-state index is 12.7. The van der Waals surface area contributed by atoms with Crippen LogP contribution >= 0.6 is 0 Å². The summed E-state index contributed by atoms with van der Waals surface area (Å²) in [5.74, 6) is -1.08. The largest absolute Gasteiger partial charge is 0.363 e. The maximum atomic E-state index is 12.7. The van der Waals surface area contributed by atoms with E-state index in [0.29, 0.717) is 14.7 Å². The zero-order valence-corrected chi connectivity index (χ0v) is 14.2. The van der Waals surface area contributed by atoms with Gasteiger partial charge in [-0.2, -0.15) is 8.42 Å². The van der Waals surface area contributed by atoms with E-state index >= 15 is 0 Å². The van der Waals surface area contributed by atoms with E-state index in [1.807, 2.05) is 0 Å². The molecular weight excluding hydrogens is 360 g/mol. The number of nitro benzene ring substituents is 2. The van der Waals surface area contributed by atoms with Crippen molar-refractivity contribution in [2.24, 2.45) is 0 Å². The van der Waals surface area contributed by atoms with Gasteiger partial charge in [-0.25, -0.2) is 8.61 Å². The number of carbonyl (C=O) groups is 1. The predicted molar refractivity (Wildman–Crippen MR) is 84.3 cm³/mol. The number of fused-ring (bicyclic) bond motifs is 1. The van der Waals surface area contributed by atoms with Crippen molar-refractivity contribution in [3.05, 3.63) is 37.9 Å². The summed E-state index contributed by atoms with van der Waals surface area (Å²) >= 11 is 0. The molecule has 0 spiro atoms. The van der Waals surface area contributed by atoms with Crippen molar-refractivity contribution >= 4 is 33.2 Å². The molecule has 0 radical (unpaired) electrons. The molecule has 0 unspecified atom stereocenters. The van der Waals surface area contributed by atoms with Gasteiger partial charge in [0.15, 0.2) is 0 Å². The van der Waals surface area contributed by atoms with Crippen LogP contribution in [-0.4, -0.2) is 48.4 Å². The van der Waals surface area contributed by atoms with Crippen LogP contribution in [0.5, 0.6) is 0 Å². The molecule has 1 heterocycles. The average molecular weight is 374 g/mol. The minimum absolute atomic E-state index is 0.457. The van der Waals surface area contributed by atoms with Crippen molar-refractivity contribution in [3.63, 3.8) is 0 Å². The Kier molecular flexibility index (Phi) is 4.64. The number of rotatable bonds is 5. The molecule has 13 heteroatoms. The molecule has 1 amide bonds. The molecule has 1 aromatic carbocycles. The van der Waals surface area contributed by atoms with Crippen LogP contribution in [0.4, 0.5) is 17.1 Å². The van der Waals surface area contributed by atoms with Crippen LogP contribution in [0.25, 0.3) is 0 Å². The Balaban J connectivity index is 2.93. The van der Waals surface area contributed by atoms with Crippen LogP contribution in [0.1, 0.15) is 24.2 Å². The normalized spacial score (nSPS) is 16.1. The number of hydrogen-bond donors (Lipinski definition) is 0. The third kappa shape index (κ3) is 2.87. The highest BCUT2D eigenvalue weighted by Crippen LogP contribution is 2.42. The van der Waals surface area contributed by atoms with Gasteiger partial charge in [0, 0.05) is 19.2 Å². The topological polar surface area (TPSA) is 153 Å². The summed E-state index contributed by atoms with van der Waals surface area (Å²) in [6, 6.07) is 0.607. The predicted octanol–water partition coefficient (Wildman–Crippen LogP) is 1.02. The van der Waals surface area contributed by atoms with E-state index in [1.54, 1.807) is 0 Å². The van der Waals surface area contributed by atoms with E-state index in [1.165, 1.54) is 21.0 Å². The second kappa shape index (κ2) is 6.25. The number of non-ortho nitro benzene ring substituents is 1. The van der Waals surface area contributed by atoms with Gasteiger partial charge in [0.05, 0.1) is 21.5 Å². The summed E-state index contributed by atoms with van der Waals surface area (Å²) in [4.78, 5) is 33.1. The molecule has 136 valence electrons. The molecule has 0 aromatic heterocycles. The van der Waals surface area contributed by atoms with Crippen LogP contribution in [0.3, 0.4) is 0 Å². The summed E-state index contributed by atoms with van der Waals surface area (Å²) in [7, 11) is -3.29. The van der Waals surface area contributed by atoms with Gasteiger partial charge in [-0.3, -0.25) is 25.0 Å². The summed E-state index contributed by atoms with van der Waals surface area (Å²) in [5.41, 5.74) is -2.58. The Hall–Kier alpha value is -2.80. The molecule has 2 rings (SSSR count). The molecule has 0 fully saturated rings. The molecule has 12 nitrogen and oxygen atoms in total. The molecule has 0 saturated heterocycles. The molecule has 0 aliphatic carbocycles. The molecule has 0 bridgehead atoms. The molecule has 1 aliphatic heterocycles. The summed E-state index contributed by atoms with van der Waals surface area (Å²) < 4.78 is 31.3. The van der Waals surface area contributed by atoms with E-state index in [9.17, 15) is 33.4 Å². The van der Waals surface area contributed by atoms with Crippen LogP contribution in [0.15, 0.2) is 12.1 Å². The molecule has 0 atom stereocenters. The molecule has 1 aliphatic rings. The van der Waals surface area contributed by atoms with Crippen molar-refractivity contribution in [2.75, 3.05) is 18.1 Å². The highest BCUT2D eigenvalue weighted by atomic mass is 32.2. The first-order valence-electron chi connectivity index (χ1n) is 6.86. The first kappa shape index (κ1) is 18.5. The number of ether oxygens (including phenoxy) is 1. The quantitative estimate of drug-likeness (QED) is 0.547. The van der Waals surface area contributed by atoms with E-state index in [4.69, 9.17) is 4.74 Å². The smallest absolute Gasteiger partial charge is 0.331 e. The van der Waals surface area contributed by atoms with Gasteiger partial charge in [-0.1, -0.05) is 0 Å². The minimum Gasteiger partial charge on any atom is -0.363 e. The lowest BCUT2D eigenvalue weighted by Gasteiger charge is -2.37. The van der Waals surface area contributed by atoms with Gasteiger partial charge in [-0.05, 0) is 13.8 Å². The summed E-state index contributed by atoms with van der Waals surface area (Å²) in [6.45, 7) is 2.25. The minimum atomic E-state index is -4.46. The molecule has 0 saturated carbocycles. The lowest BCUT2D eigenvalue weighted by molar-refractivity contribution is -0.393. The van der Waals surface area contributed by atoms with E-state index < -0.39 is 61.4 Å². The standard InChI is InChI=1S/C12H14N4O8S/c1-7(2)14-12(17)9-4-8(15(18)19)5-10(16(20)21)11(9)13(6-24-3)25(14,22)23/h4-5,7H,6H2,1-3H3. The fraction of sp³-hybridized carbons (Fsp3) is 0.417. The Labute approximate surface area is 142 Å². The second-order valence-electron chi connectivity index (χ2n) is 5.34. The van der Waals surface area contributed by atoms with Gasteiger partial charge in [-0.15, -0.1) is 0 Å². The van der Waals surface area contributed by atoms with Gasteiger partial charge in [0.2, 0.25) is 0 Å². The van der Waals surface area contributed by atoms with Gasteiger partial charge in [0.25, 0.3) is 11.6 Å². The summed E-state index contributed by atoms with van der Waals surface area (Å²) in [6.07, 6.45) is 0. The number of hydrogen-bond acceptors (Lipinski definition) is 8. The van der Waals surface area contributed by atoms with Crippen LogP contribution in [-0.2, 0) is 14.9 Å². The monoisotopic (exact) mass is 374 g/mol. The number of nitro groups is 2. The first-order valence-corrected chi connectivity index (χ1v) is 8.26. The number of anilines is 1. The van der Waals surface area contributed by atoms with Crippen molar-refractivity contribution in [1.29, 1.82) is 0 Å².